The number of nitrogens with zero attached hydrogens (tertiary/aromatic N) is 2. The summed E-state index contributed by atoms with van der Waals surface area (Å²) >= 11 is 3.73. The van der Waals surface area contributed by atoms with Gasteiger partial charge in [-0.1, -0.05) is 141 Å². The third kappa shape index (κ3) is 6.67. The number of benzene rings is 10. The van der Waals surface area contributed by atoms with Crippen molar-refractivity contribution in [3.8, 4) is 33.4 Å². The van der Waals surface area contributed by atoms with Gasteiger partial charge in [-0.25, -0.2) is 0 Å². The topological polar surface area (TPSA) is 6.48 Å². The molecule has 0 fully saturated rings. The van der Waals surface area contributed by atoms with Gasteiger partial charge in [0.25, 0.3) is 0 Å². The molecule has 1 aliphatic carbocycles. The lowest BCUT2D eigenvalue weighted by Crippen LogP contribution is -2.15. The second-order valence-corrected chi connectivity index (χ2v) is 20.3. The van der Waals surface area contributed by atoms with Crippen LogP contribution in [-0.2, 0) is 5.41 Å². The molecule has 1 aliphatic rings. The Morgan fingerprint density at radius 1 is 0.284 bits per heavy atom. The van der Waals surface area contributed by atoms with Gasteiger partial charge in [-0.15, -0.1) is 22.7 Å². The molecule has 0 spiro atoms. The van der Waals surface area contributed by atoms with E-state index in [0.717, 1.165) is 39.7 Å². The van der Waals surface area contributed by atoms with Gasteiger partial charge in [-0.2, -0.15) is 0 Å². The fourth-order valence-electron chi connectivity index (χ4n) is 10.5. The van der Waals surface area contributed by atoms with Gasteiger partial charge in [0.15, 0.2) is 0 Å². The van der Waals surface area contributed by atoms with E-state index in [0.29, 0.717) is 0 Å². The number of para-hydroxylation sites is 3. The van der Waals surface area contributed by atoms with E-state index >= 15 is 0 Å². The molecule has 0 bridgehead atoms. The van der Waals surface area contributed by atoms with E-state index in [4.69, 9.17) is 0 Å². The summed E-state index contributed by atoms with van der Waals surface area (Å²) in [6, 6.07) is 85.2. The third-order valence-corrected chi connectivity index (χ3v) is 16.1. The average Bonchev–Trinajstić information content (AvgIpc) is 4.01. The highest BCUT2D eigenvalue weighted by molar-refractivity contribution is 7.26. The van der Waals surface area contributed by atoms with Crippen LogP contribution in [0.5, 0.6) is 0 Å². The Labute approximate surface area is 398 Å². The van der Waals surface area contributed by atoms with Crippen molar-refractivity contribution in [2.75, 3.05) is 9.80 Å². The molecule has 0 unspecified atom stereocenters. The lowest BCUT2D eigenvalue weighted by Gasteiger charge is -2.30. The molecular weight excluding hydrogens is 849 g/mol. The van der Waals surface area contributed by atoms with Gasteiger partial charge in [0.1, 0.15) is 0 Å². The van der Waals surface area contributed by atoms with Crippen molar-refractivity contribution >= 4 is 97.1 Å². The maximum atomic E-state index is 2.47. The van der Waals surface area contributed by atoms with Crippen LogP contribution in [0.2, 0.25) is 0 Å². The molecule has 0 saturated heterocycles. The molecule has 2 heterocycles. The Balaban J connectivity index is 0.973. The molecule has 4 heteroatoms. The summed E-state index contributed by atoms with van der Waals surface area (Å²) < 4.78 is 5.25. The van der Waals surface area contributed by atoms with Crippen LogP contribution in [0, 0.1) is 0 Å². The molecular formula is C63H44N2S2. The van der Waals surface area contributed by atoms with Crippen molar-refractivity contribution in [2.45, 2.75) is 19.3 Å². The zero-order chi connectivity index (χ0) is 44.6. The summed E-state index contributed by atoms with van der Waals surface area (Å²) in [6.45, 7) is 4.80. The Morgan fingerprint density at radius 2 is 0.716 bits per heavy atom. The van der Waals surface area contributed by atoms with Crippen molar-refractivity contribution in [1.82, 2.24) is 0 Å². The van der Waals surface area contributed by atoms with Crippen molar-refractivity contribution in [2.24, 2.45) is 0 Å². The Hall–Kier alpha value is -7.76. The first-order valence-electron chi connectivity index (χ1n) is 23.0. The summed E-state index contributed by atoms with van der Waals surface area (Å²) in [7, 11) is 0. The zero-order valence-electron chi connectivity index (χ0n) is 37.2. The van der Waals surface area contributed by atoms with Gasteiger partial charge in [0.2, 0.25) is 0 Å². The largest absolute Gasteiger partial charge is 0.310 e. The minimum Gasteiger partial charge on any atom is -0.310 e. The van der Waals surface area contributed by atoms with Crippen LogP contribution in [0.1, 0.15) is 25.0 Å². The number of anilines is 6. The van der Waals surface area contributed by atoms with E-state index in [-0.39, 0.29) is 5.41 Å². The van der Waals surface area contributed by atoms with E-state index in [2.05, 4.69) is 254 Å². The molecule has 0 atom stereocenters. The molecule has 318 valence electrons. The van der Waals surface area contributed by atoms with Gasteiger partial charge >= 0.3 is 0 Å². The zero-order valence-corrected chi connectivity index (χ0v) is 38.8. The van der Waals surface area contributed by atoms with Gasteiger partial charge in [0, 0.05) is 79.9 Å². The first kappa shape index (κ1) is 39.6. The van der Waals surface area contributed by atoms with Gasteiger partial charge < -0.3 is 9.80 Å². The Bertz CT molecular complexity index is 3810. The first-order chi connectivity index (χ1) is 32.9. The van der Waals surface area contributed by atoms with E-state index in [1.165, 1.54) is 79.3 Å². The van der Waals surface area contributed by atoms with Crippen LogP contribution in [0.3, 0.4) is 0 Å². The standard InChI is InChI=1S/C63H44N2S2/c1-63(2)57-37-42(41-28-33-61-56(36-41)54-23-13-15-25-60(54)66-61)26-30-51(57)52-31-27-43(38-58(52)63)44-34-49(64(45-16-6-3-7-17-45)46-18-8-4-9-19-46)39-50(35-44)65(47-20-10-5-11-21-47)48-29-32-55-53-22-12-14-24-59(53)67-62(55)40-48/h3-40H,1-2H3. The SMILES string of the molecule is CC1(C)c2cc(-c3cc(N(c4ccccc4)c4ccccc4)cc(N(c4ccccc4)c4ccc5c(c4)sc4ccccc45)c3)ccc2-c2ccc(-c3ccc4sc5ccccc5c4c3)cc21. The van der Waals surface area contributed by atoms with Crippen molar-refractivity contribution in [1.29, 1.82) is 0 Å². The fourth-order valence-corrected chi connectivity index (χ4v) is 12.7. The molecule has 0 N–H and O–H groups in total. The minimum absolute atomic E-state index is 0.216. The van der Waals surface area contributed by atoms with Gasteiger partial charge in [-0.3, -0.25) is 0 Å². The van der Waals surface area contributed by atoms with Gasteiger partial charge in [-0.05, 0) is 148 Å². The summed E-state index contributed by atoms with van der Waals surface area (Å²) in [5, 5.41) is 5.25. The smallest absolute Gasteiger partial charge is 0.0488 e. The lowest BCUT2D eigenvalue weighted by molar-refractivity contribution is 0.661. The fraction of sp³-hybridized carbons (Fsp3) is 0.0476. The van der Waals surface area contributed by atoms with Crippen molar-refractivity contribution < 1.29 is 0 Å². The lowest BCUT2D eigenvalue weighted by atomic mass is 9.80. The van der Waals surface area contributed by atoms with E-state index in [9.17, 15) is 0 Å². The van der Waals surface area contributed by atoms with Crippen LogP contribution in [0.4, 0.5) is 34.1 Å². The summed E-state index contributed by atoms with van der Waals surface area (Å²) in [5.41, 5.74) is 16.6. The van der Waals surface area contributed by atoms with Crippen LogP contribution < -0.4 is 9.80 Å². The highest BCUT2D eigenvalue weighted by Gasteiger charge is 2.36. The maximum Gasteiger partial charge on any atom is 0.0488 e. The highest BCUT2D eigenvalue weighted by Crippen LogP contribution is 2.52. The summed E-state index contributed by atoms with van der Waals surface area (Å²) in [5.74, 6) is 0. The average molecular weight is 893 g/mol. The molecule has 0 radical (unpaired) electrons. The second kappa shape index (κ2) is 15.7. The van der Waals surface area contributed by atoms with E-state index in [1.807, 2.05) is 22.7 Å². The molecule has 2 aromatic heterocycles. The predicted molar refractivity (Wildman–Crippen MR) is 290 cm³/mol. The highest BCUT2D eigenvalue weighted by atomic mass is 32.1. The molecule has 0 saturated carbocycles. The normalized spacial score (nSPS) is 12.7. The first-order valence-corrected chi connectivity index (χ1v) is 24.6. The molecule has 2 nitrogen and oxygen atoms in total. The Kier molecular flexibility index (Phi) is 9.28. The number of hydrogen-bond donors (Lipinski definition) is 0. The van der Waals surface area contributed by atoms with E-state index < -0.39 is 0 Å². The quantitative estimate of drug-likeness (QED) is 0.150. The van der Waals surface area contributed by atoms with Gasteiger partial charge in [0.05, 0.1) is 0 Å². The monoisotopic (exact) mass is 892 g/mol. The van der Waals surface area contributed by atoms with Crippen LogP contribution in [0.25, 0.3) is 73.7 Å². The molecule has 13 rings (SSSR count). The van der Waals surface area contributed by atoms with Crippen LogP contribution in [0.15, 0.2) is 231 Å². The summed E-state index contributed by atoms with van der Waals surface area (Å²) in [4.78, 5) is 4.81. The van der Waals surface area contributed by atoms with Crippen LogP contribution in [-0.4, -0.2) is 0 Å². The van der Waals surface area contributed by atoms with Crippen molar-refractivity contribution in [3.05, 3.63) is 242 Å². The molecule has 67 heavy (non-hydrogen) atoms. The second-order valence-electron chi connectivity index (χ2n) is 18.1. The summed E-state index contributed by atoms with van der Waals surface area (Å²) in [6.07, 6.45) is 0. The molecule has 12 aromatic rings. The molecule has 10 aromatic carbocycles. The number of hydrogen-bond acceptors (Lipinski definition) is 4. The minimum atomic E-state index is -0.216. The number of thiophene rings is 2. The molecule has 0 aliphatic heterocycles. The maximum absolute atomic E-state index is 2.47. The third-order valence-electron chi connectivity index (χ3n) is 13.8. The predicted octanol–water partition coefficient (Wildman–Crippen LogP) is 19.0. The van der Waals surface area contributed by atoms with Crippen molar-refractivity contribution in [3.63, 3.8) is 0 Å². The van der Waals surface area contributed by atoms with Crippen LogP contribution >= 0.6 is 22.7 Å². The molecule has 0 amide bonds. The Morgan fingerprint density at radius 3 is 1.30 bits per heavy atom. The van der Waals surface area contributed by atoms with E-state index in [1.54, 1.807) is 0 Å². The number of rotatable bonds is 8. The number of fused-ring (bicyclic) bond motifs is 9.